The summed E-state index contributed by atoms with van der Waals surface area (Å²) in [5, 5.41) is 19.1. The molecule has 5 nitrogen and oxygen atoms in total. The molecule has 0 saturated heterocycles. The van der Waals surface area contributed by atoms with Gasteiger partial charge in [0.15, 0.2) is 0 Å². The van der Waals surface area contributed by atoms with E-state index in [-0.39, 0.29) is 25.1 Å². The van der Waals surface area contributed by atoms with Crippen molar-refractivity contribution < 1.29 is 24.5 Å². The smallest absolute Gasteiger partial charge is 0.330 e. The third-order valence-electron chi connectivity index (χ3n) is 3.68. The van der Waals surface area contributed by atoms with Crippen LogP contribution >= 0.6 is 0 Å². The second-order valence-corrected chi connectivity index (χ2v) is 5.68. The van der Waals surface area contributed by atoms with Crippen LogP contribution in [0.3, 0.4) is 0 Å². The van der Waals surface area contributed by atoms with Gasteiger partial charge in [-0.1, -0.05) is 37.3 Å². The van der Waals surface area contributed by atoms with Crippen LogP contribution in [0.1, 0.15) is 38.4 Å². The van der Waals surface area contributed by atoms with Crippen LogP contribution in [0.2, 0.25) is 0 Å². The lowest BCUT2D eigenvalue weighted by atomic mass is 9.93. The Hall–Kier alpha value is -2.11. The highest BCUT2D eigenvalue weighted by Gasteiger charge is 2.15. The molecule has 0 saturated carbocycles. The van der Waals surface area contributed by atoms with Gasteiger partial charge in [0.05, 0.1) is 19.3 Å². The highest BCUT2D eigenvalue weighted by molar-refractivity contribution is 5.82. The average molecular weight is 348 g/mol. The van der Waals surface area contributed by atoms with Crippen LogP contribution in [-0.2, 0) is 9.53 Å². The number of ether oxygens (including phenoxy) is 2. The van der Waals surface area contributed by atoms with Crippen molar-refractivity contribution in [2.75, 3.05) is 19.8 Å². The minimum Gasteiger partial charge on any atom is -0.491 e. The van der Waals surface area contributed by atoms with E-state index in [1.54, 1.807) is 25.1 Å². The van der Waals surface area contributed by atoms with E-state index >= 15 is 0 Å². The number of benzene rings is 1. The van der Waals surface area contributed by atoms with Gasteiger partial charge < -0.3 is 19.7 Å². The van der Waals surface area contributed by atoms with Crippen molar-refractivity contribution >= 4 is 5.97 Å². The lowest BCUT2D eigenvalue weighted by molar-refractivity contribution is -0.137. The largest absolute Gasteiger partial charge is 0.491 e. The number of esters is 1. The number of carbonyl (C=O) groups is 1. The number of hydrogen-bond donors (Lipinski definition) is 2. The summed E-state index contributed by atoms with van der Waals surface area (Å²) in [6.45, 7) is 4.38. The SMILES string of the molecule is CCOC(=O)/C=C/C=C/CC[C@H](C)[C@H](O)c1ccc(OCCO)cc1. The molecule has 2 atom stereocenters. The minimum atomic E-state index is -0.546. The molecule has 0 heterocycles. The highest BCUT2D eigenvalue weighted by Crippen LogP contribution is 2.27. The molecule has 0 aromatic heterocycles. The van der Waals surface area contributed by atoms with Gasteiger partial charge in [0.2, 0.25) is 0 Å². The second-order valence-electron chi connectivity index (χ2n) is 5.68. The summed E-state index contributed by atoms with van der Waals surface area (Å²) in [6.07, 6.45) is 7.91. The molecule has 0 spiro atoms. The Morgan fingerprint density at radius 1 is 1.24 bits per heavy atom. The molecule has 2 N–H and O–H groups in total. The first-order valence-corrected chi connectivity index (χ1v) is 8.60. The third kappa shape index (κ3) is 8.52. The summed E-state index contributed by atoms with van der Waals surface area (Å²) >= 11 is 0. The number of allylic oxidation sites excluding steroid dienone is 3. The first-order valence-electron chi connectivity index (χ1n) is 8.60. The summed E-state index contributed by atoms with van der Waals surface area (Å²) < 4.78 is 10.1. The molecule has 0 radical (unpaired) electrons. The predicted octanol–water partition coefficient (Wildman–Crippen LogP) is 3.18. The molecular weight excluding hydrogens is 320 g/mol. The van der Waals surface area contributed by atoms with Gasteiger partial charge in [-0.05, 0) is 43.4 Å². The summed E-state index contributed by atoms with van der Waals surface area (Å²) in [5.41, 5.74) is 0.843. The Balaban J connectivity index is 2.38. The van der Waals surface area contributed by atoms with Crippen molar-refractivity contribution in [3.05, 3.63) is 54.1 Å². The summed E-state index contributed by atoms with van der Waals surface area (Å²) in [4.78, 5) is 11.1. The van der Waals surface area contributed by atoms with Crippen LogP contribution in [0.15, 0.2) is 48.6 Å². The van der Waals surface area contributed by atoms with Gasteiger partial charge in [0.25, 0.3) is 0 Å². The summed E-state index contributed by atoms with van der Waals surface area (Å²) in [6, 6.07) is 7.26. The Bertz CT molecular complexity index is 548. The fourth-order valence-electron chi connectivity index (χ4n) is 2.27. The van der Waals surface area contributed by atoms with Crippen molar-refractivity contribution in [3.63, 3.8) is 0 Å². The van der Waals surface area contributed by atoms with Gasteiger partial charge in [-0.15, -0.1) is 0 Å². The molecule has 0 amide bonds. The fourth-order valence-corrected chi connectivity index (χ4v) is 2.27. The van der Waals surface area contributed by atoms with Gasteiger partial charge in [-0.25, -0.2) is 4.79 Å². The molecule has 5 heteroatoms. The molecule has 0 bridgehead atoms. The highest BCUT2D eigenvalue weighted by atomic mass is 16.5. The topological polar surface area (TPSA) is 76.0 Å². The minimum absolute atomic E-state index is 0.0239. The van der Waals surface area contributed by atoms with Crippen LogP contribution in [0.5, 0.6) is 5.75 Å². The Labute approximate surface area is 149 Å². The molecule has 1 aromatic rings. The second kappa shape index (κ2) is 12.3. The van der Waals surface area contributed by atoms with Crippen LogP contribution in [-0.4, -0.2) is 36.0 Å². The molecule has 25 heavy (non-hydrogen) atoms. The van der Waals surface area contributed by atoms with E-state index in [4.69, 9.17) is 14.6 Å². The van der Waals surface area contributed by atoms with Gasteiger partial charge >= 0.3 is 5.97 Å². The first-order chi connectivity index (χ1) is 12.1. The quantitative estimate of drug-likeness (QED) is 0.365. The summed E-state index contributed by atoms with van der Waals surface area (Å²) in [5.74, 6) is 0.430. The number of carbonyl (C=O) groups excluding carboxylic acids is 1. The predicted molar refractivity (Wildman–Crippen MR) is 97.3 cm³/mol. The van der Waals surface area contributed by atoms with Crippen LogP contribution < -0.4 is 4.74 Å². The Kier molecular flexibility index (Phi) is 10.3. The van der Waals surface area contributed by atoms with Crippen molar-refractivity contribution in [3.8, 4) is 5.75 Å². The van der Waals surface area contributed by atoms with Crippen molar-refractivity contribution in [1.82, 2.24) is 0 Å². The van der Waals surface area contributed by atoms with E-state index < -0.39 is 6.10 Å². The van der Waals surface area contributed by atoms with Gasteiger partial charge in [-0.3, -0.25) is 0 Å². The standard InChI is InChI=1S/C20H28O5/c1-3-24-19(22)9-7-5-4-6-8-16(2)20(23)17-10-12-18(13-11-17)25-15-14-21/h4-5,7,9-13,16,20-21,23H,3,6,8,14-15H2,1-2H3/b5-4+,9-7+/t16-,20-/m0/s1. The first kappa shape index (κ1) is 20.9. The molecule has 0 aliphatic carbocycles. The van der Waals surface area contributed by atoms with Gasteiger partial charge in [0, 0.05) is 6.08 Å². The zero-order chi connectivity index (χ0) is 18.5. The van der Waals surface area contributed by atoms with Crippen molar-refractivity contribution in [2.24, 2.45) is 5.92 Å². The molecule has 0 aliphatic heterocycles. The van der Waals surface area contributed by atoms with Crippen molar-refractivity contribution in [1.29, 1.82) is 0 Å². The number of rotatable bonds is 11. The number of hydrogen-bond acceptors (Lipinski definition) is 5. The maximum atomic E-state index is 11.1. The molecule has 1 aromatic carbocycles. The number of aliphatic hydroxyl groups excluding tert-OH is 2. The zero-order valence-corrected chi connectivity index (χ0v) is 14.9. The van der Waals surface area contributed by atoms with Crippen LogP contribution in [0, 0.1) is 5.92 Å². The monoisotopic (exact) mass is 348 g/mol. The molecule has 0 unspecified atom stereocenters. The molecular formula is C20H28O5. The molecule has 0 aliphatic rings. The molecule has 1 rings (SSSR count). The van der Waals surface area contributed by atoms with E-state index in [0.717, 1.165) is 18.4 Å². The maximum absolute atomic E-state index is 11.1. The van der Waals surface area contributed by atoms with Gasteiger partial charge in [0.1, 0.15) is 12.4 Å². The van der Waals surface area contributed by atoms with Crippen LogP contribution in [0.4, 0.5) is 0 Å². The van der Waals surface area contributed by atoms with E-state index in [1.807, 2.05) is 31.2 Å². The molecule has 0 fully saturated rings. The van der Waals surface area contributed by atoms with Crippen molar-refractivity contribution in [2.45, 2.75) is 32.8 Å². The molecule has 138 valence electrons. The Morgan fingerprint density at radius 2 is 1.96 bits per heavy atom. The average Bonchev–Trinajstić information content (AvgIpc) is 2.62. The third-order valence-corrected chi connectivity index (χ3v) is 3.68. The fraction of sp³-hybridized carbons (Fsp3) is 0.450. The lowest BCUT2D eigenvalue weighted by Crippen LogP contribution is -2.09. The maximum Gasteiger partial charge on any atom is 0.330 e. The normalized spacial score (nSPS) is 13.9. The van der Waals surface area contributed by atoms with Gasteiger partial charge in [-0.2, -0.15) is 0 Å². The number of aliphatic hydroxyl groups is 2. The lowest BCUT2D eigenvalue weighted by Gasteiger charge is -2.19. The van der Waals surface area contributed by atoms with E-state index in [9.17, 15) is 9.90 Å². The zero-order valence-electron chi connectivity index (χ0n) is 14.9. The van der Waals surface area contributed by atoms with E-state index in [2.05, 4.69) is 0 Å². The van der Waals surface area contributed by atoms with Crippen LogP contribution in [0.25, 0.3) is 0 Å². The van der Waals surface area contributed by atoms with E-state index in [0.29, 0.717) is 12.4 Å². The Morgan fingerprint density at radius 3 is 2.60 bits per heavy atom. The summed E-state index contributed by atoms with van der Waals surface area (Å²) in [7, 11) is 0. The van der Waals surface area contributed by atoms with E-state index in [1.165, 1.54) is 6.08 Å².